The molecule has 2 fully saturated rings. The number of amides is 1. The summed E-state index contributed by atoms with van der Waals surface area (Å²) in [5.74, 6) is 1.25. The maximum atomic E-state index is 12.6. The van der Waals surface area contributed by atoms with Gasteiger partial charge in [0, 0.05) is 25.0 Å². The lowest BCUT2D eigenvalue weighted by Gasteiger charge is -2.39. The Hall–Kier alpha value is -2.28. The molecule has 2 saturated heterocycles. The van der Waals surface area contributed by atoms with Crippen LogP contribution in [0.5, 0.6) is 0 Å². The van der Waals surface area contributed by atoms with Gasteiger partial charge in [0.15, 0.2) is 5.82 Å². The zero-order valence-corrected chi connectivity index (χ0v) is 14.6. The van der Waals surface area contributed by atoms with Gasteiger partial charge < -0.3 is 14.2 Å². The van der Waals surface area contributed by atoms with E-state index in [1.807, 2.05) is 30.9 Å². The first-order chi connectivity index (χ1) is 12.0. The van der Waals surface area contributed by atoms with Crippen LogP contribution < -0.4 is 0 Å². The van der Waals surface area contributed by atoms with Crippen LogP contribution in [0.4, 0.5) is 0 Å². The smallest absolute Gasteiger partial charge is 0.255 e. The Kier molecular flexibility index (Phi) is 4.03. The monoisotopic (exact) mass is 342 g/mol. The molecule has 0 unspecified atom stereocenters. The lowest BCUT2D eigenvalue weighted by Crippen LogP contribution is -2.46. The average molecular weight is 342 g/mol. The summed E-state index contributed by atoms with van der Waals surface area (Å²) < 4.78 is 11.5. The van der Waals surface area contributed by atoms with Gasteiger partial charge in [-0.1, -0.05) is 5.16 Å². The Morgan fingerprint density at radius 2 is 2.04 bits per heavy atom. The largest absolute Gasteiger partial charge is 0.362 e. The van der Waals surface area contributed by atoms with Crippen molar-refractivity contribution in [2.75, 3.05) is 13.1 Å². The summed E-state index contributed by atoms with van der Waals surface area (Å²) in [5, 5.41) is 3.84. The van der Waals surface area contributed by atoms with Gasteiger partial charge in [-0.3, -0.25) is 9.78 Å². The van der Waals surface area contributed by atoms with E-state index < -0.39 is 0 Å². The Morgan fingerprint density at radius 3 is 2.68 bits per heavy atom. The van der Waals surface area contributed by atoms with Crippen LogP contribution in [0.15, 0.2) is 22.9 Å². The van der Waals surface area contributed by atoms with Crippen LogP contribution in [-0.4, -0.2) is 44.6 Å². The highest BCUT2D eigenvalue weighted by Crippen LogP contribution is 2.44. The molecular formula is C18H22N4O3. The first-order valence-corrected chi connectivity index (χ1v) is 8.75. The molecule has 4 rings (SSSR count). The second kappa shape index (κ2) is 6.22. The molecule has 0 saturated carbocycles. The molecule has 1 amide bonds. The van der Waals surface area contributed by atoms with Crippen LogP contribution in [0.25, 0.3) is 0 Å². The summed E-state index contributed by atoms with van der Waals surface area (Å²) in [5.41, 5.74) is 1.39. The highest BCUT2D eigenvalue weighted by atomic mass is 16.5. The molecule has 0 bridgehead atoms. The van der Waals surface area contributed by atoms with E-state index in [4.69, 9.17) is 9.26 Å². The Balaban J connectivity index is 1.38. The quantitative estimate of drug-likeness (QED) is 0.834. The molecule has 7 heteroatoms. The number of carbonyl (C=O) groups is 1. The van der Waals surface area contributed by atoms with Gasteiger partial charge in [-0.2, -0.15) is 4.98 Å². The molecule has 1 atom stereocenters. The zero-order chi connectivity index (χ0) is 17.4. The number of rotatable bonds is 2. The van der Waals surface area contributed by atoms with Crippen LogP contribution in [0.1, 0.15) is 59.6 Å². The first-order valence-electron chi connectivity index (χ1n) is 8.75. The molecule has 25 heavy (non-hydrogen) atoms. The fourth-order valence-corrected chi connectivity index (χ4v) is 3.69. The second-order valence-electron chi connectivity index (χ2n) is 6.99. The molecule has 132 valence electrons. The van der Waals surface area contributed by atoms with E-state index in [9.17, 15) is 4.79 Å². The maximum Gasteiger partial charge on any atom is 0.255 e. The number of pyridine rings is 1. The molecule has 2 aliphatic rings. The molecule has 0 aliphatic carbocycles. The summed E-state index contributed by atoms with van der Waals surface area (Å²) >= 11 is 0. The summed E-state index contributed by atoms with van der Waals surface area (Å²) in [6, 6.07) is 3.71. The van der Waals surface area contributed by atoms with E-state index >= 15 is 0 Å². The number of ether oxygens (including phenoxy) is 1. The molecule has 2 aromatic rings. The fraction of sp³-hybridized carbons (Fsp3) is 0.556. The van der Waals surface area contributed by atoms with E-state index in [2.05, 4.69) is 15.1 Å². The SMILES string of the molecule is Cc1ccc(C(=O)N2CCC3(CC[C@H](c4nc(C)no4)O3)CC2)cn1. The Bertz CT molecular complexity index is 763. The van der Waals surface area contributed by atoms with Gasteiger partial charge >= 0.3 is 0 Å². The number of piperidine rings is 1. The highest BCUT2D eigenvalue weighted by molar-refractivity contribution is 5.94. The van der Waals surface area contributed by atoms with Gasteiger partial charge in [0.25, 0.3) is 11.8 Å². The standard InChI is InChI=1S/C18H22N4O3/c1-12-3-4-14(11-19-12)17(23)22-9-7-18(8-10-22)6-5-15(24-18)16-20-13(2)21-25-16/h3-4,11,15H,5-10H2,1-2H3/t15-/m1/s1. The van der Waals surface area contributed by atoms with E-state index in [1.165, 1.54) is 0 Å². The zero-order valence-electron chi connectivity index (χ0n) is 14.6. The van der Waals surface area contributed by atoms with Crippen molar-refractivity contribution in [3.63, 3.8) is 0 Å². The van der Waals surface area contributed by atoms with Crippen molar-refractivity contribution in [2.45, 2.75) is 51.2 Å². The highest BCUT2D eigenvalue weighted by Gasteiger charge is 2.45. The van der Waals surface area contributed by atoms with E-state index in [-0.39, 0.29) is 17.6 Å². The number of hydrogen-bond donors (Lipinski definition) is 0. The third kappa shape index (κ3) is 3.16. The molecule has 0 N–H and O–H groups in total. The first kappa shape index (κ1) is 16.2. The molecule has 0 radical (unpaired) electrons. The molecule has 4 heterocycles. The predicted octanol–water partition coefficient (Wildman–Crippen LogP) is 2.61. The molecule has 1 spiro atoms. The van der Waals surface area contributed by atoms with Crippen molar-refractivity contribution in [1.29, 1.82) is 0 Å². The Labute approximate surface area is 146 Å². The minimum absolute atomic E-state index is 0.0458. The van der Waals surface area contributed by atoms with E-state index in [1.54, 1.807) is 6.20 Å². The summed E-state index contributed by atoms with van der Waals surface area (Å²) in [6.07, 6.45) is 5.06. The van der Waals surface area contributed by atoms with Crippen LogP contribution in [0.2, 0.25) is 0 Å². The molecular weight excluding hydrogens is 320 g/mol. The topological polar surface area (TPSA) is 81.4 Å². The number of aryl methyl sites for hydroxylation is 2. The second-order valence-corrected chi connectivity index (χ2v) is 6.99. The van der Waals surface area contributed by atoms with Gasteiger partial charge in [-0.05, 0) is 51.7 Å². The van der Waals surface area contributed by atoms with Gasteiger partial charge in [0.05, 0.1) is 11.2 Å². The van der Waals surface area contributed by atoms with Crippen molar-refractivity contribution in [3.8, 4) is 0 Å². The molecule has 7 nitrogen and oxygen atoms in total. The van der Waals surface area contributed by atoms with Crippen LogP contribution >= 0.6 is 0 Å². The van der Waals surface area contributed by atoms with Gasteiger partial charge in [0.2, 0.25) is 0 Å². The summed E-state index contributed by atoms with van der Waals surface area (Å²) in [7, 11) is 0. The number of carbonyl (C=O) groups excluding carboxylic acids is 1. The molecule has 2 aliphatic heterocycles. The number of hydrogen-bond acceptors (Lipinski definition) is 6. The van der Waals surface area contributed by atoms with Crippen molar-refractivity contribution >= 4 is 5.91 Å². The normalized spacial score (nSPS) is 22.5. The number of aromatic nitrogens is 3. The van der Waals surface area contributed by atoms with Gasteiger partial charge in [-0.15, -0.1) is 0 Å². The minimum atomic E-state index is -0.171. The van der Waals surface area contributed by atoms with Crippen LogP contribution in [-0.2, 0) is 4.74 Å². The van der Waals surface area contributed by atoms with Crippen LogP contribution in [0, 0.1) is 13.8 Å². The Morgan fingerprint density at radius 1 is 1.24 bits per heavy atom. The lowest BCUT2D eigenvalue weighted by atomic mass is 9.88. The third-order valence-electron chi connectivity index (χ3n) is 5.19. The van der Waals surface area contributed by atoms with Crippen molar-refractivity contribution in [1.82, 2.24) is 20.0 Å². The fourth-order valence-electron chi connectivity index (χ4n) is 3.69. The van der Waals surface area contributed by atoms with Crippen LogP contribution in [0.3, 0.4) is 0 Å². The lowest BCUT2D eigenvalue weighted by molar-refractivity contribution is -0.0820. The third-order valence-corrected chi connectivity index (χ3v) is 5.19. The van der Waals surface area contributed by atoms with E-state index in [0.29, 0.717) is 30.4 Å². The molecule has 2 aromatic heterocycles. The molecule has 0 aromatic carbocycles. The van der Waals surface area contributed by atoms with Gasteiger partial charge in [-0.25, -0.2) is 0 Å². The summed E-state index contributed by atoms with van der Waals surface area (Å²) in [4.78, 5) is 23.0. The minimum Gasteiger partial charge on any atom is -0.362 e. The van der Waals surface area contributed by atoms with Crippen molar-refractivity contribution in [2.24, 2.45) is 0 Å². The summed E-state index contributed by atoms with van der Waals surface area (Å²) in [6.45, 7) is 5.12. The predicted molar refractivity (Wildman–Crippen MR) is 88.9 cm³/mol. The average Bonchev–Trinajstić information content (AvgIpc) is 3.23. The van der Waals surface area contributed by atoms with Gasteiger partial charge in [0.1, 0.15) is 6.10 Å². The number of likely N-dealkylation sites (tertiary alicyclic amines) is 1. The maximum absolute atomic E-state index is 12.6. The number of nitrogens with zero attached hydrogens (tertiary/aromatic N) is 4. The van der Waals surface area contributed by atoms with Crippen molar-refractivity contribution < 1.29 is 14.1 Å². The van der Waals surface area contributed by atoms with E-state index in [0.717, 1.165) is 31.4 Å². The van der Waals surface area contributed by atoms with Crippen molar-refractivity contribution in [3.05, 3.63) is 41.3 Å².